The van der Waals surface area contributed by atoms with Gasteiger partial charge in [0.25, 0.3) is 0 Å². The summed E-state index contributed by atoms with van der Waals surface area (Å²) < 4.78 is 13.3. The van der Waals surface area contributed by atoms with E-state index in [1.54, 1.807) is 0 Å². The van der Waals surface area contributed by atoms with Gasteiger partial charge in [0.2, 0.25) is 0 Å². The topological polar surface area (TPSA) is 51.7 Å². The standard InChI is InChI=1S/C25H34FN5/c1-6-16(2)18-9-12-20-21(13-18)28-15-25(20,3)14-22(27-4)24-30-29-23(31(24)5)17-7-10-19(26)11-8-17/h7-13,16,22-23,27-29H,6,14-15H2,1-5H3. The van der Waals surface area contributed by atoms with Gasteiger partial charge in [-0.2, -0.15) is 5.10 Å². The Hall–Kier alpha value is -2.60. The quantitative estimate of drug-likeness (QED) is 0.612. The van der Waals surface area contributed by atoms with Crippen LogP contribution in [-0.4, -0.2) is 37.4 Å². The number of anilines is 1. The number of nitrogens with zero attached hydrogens (tertiary/aromatic N) is 2. The van der Waals surface area contributed by atoms with Gasteiger partial charge in [0, 0.05) is 24.7 Å². The maximum Gasteiger partial charge on any atom is 0.143 e. The van der Waals surface area contributed by atoms with Crippen LogP contribution in [0.1, 0.15) is 62.4 Å². The van der Waals surface area contributed by atoms with Gasteiger partial charge in [0.05, 0.1) is 6.04 Å². The largest absolute Gasteiger partial charge is 0.384 e. The molecule has 0 radical (unpaired) electrons. The molecule has 5 nitrogen and oxygen atoms in total. The molecule has 4 unspecified atom stereocenters. The predicted octanol–water partition coefficient (Wildman–Crippen LogP) is 4.55. The van der Waals surface area contributed by atoms with Crippen LogP contribution >= 0.6 is 0 Å². The molecule has 0 bridgehead atoms. The molecular formula is C25H34FN5. The van der Waals surface area contributed by atoms with Crippen molar-refractivity contribution in [2.24, 2.45) is 5.10 Å². The third kappa shape index (κ3) is 4.01. The average molecular weight is 424 g/mol. The van der Waals surface area contributed by atoms with Crippen molar-refractivity contribution in [1.29, 1.82) is 0 Å². The minimum atomic E-state index is -0.226. The zero-order chi connectivity index (χ0) is 22.2. The van der Waals surface area contributed by atoms with E-state index in [0.717, 1.165) is 30.8 Å². The summed E-state index contributed by atoms with van der Waals surface area (Å²) in [6.45, 7) is 7.76. The van der Waals surface area contributed by atoms with Crippen molar-refractivity contribution < 1.29 is 4.39 Å². The van der Waals surface area contributed by atoms with Gasteiger partial charge in [-0.25, -0.2) is 4.39 Å². The summed E-state index contributed by atoms with van der Waals surface area (Å²) in [7, 11) is 4.03. The Morgan fingerprint density at radius 1 is 1.26 bits per heavy atom. The molecular weight excluding hydrogens is 389 g/mol. The molecule has 0 fully saturated rings. The normalized spacial score (nSPS) is 24.3. The highest BCUT2D eigenvalue weighted by molar-refractivity contribution is 5.89. The molecule has 0 spiro atoms. The SMILES string of the molecule is CCC(C)c1ccc2c(c1)NCC2(C)CC(NC)C1=NNC(c2ccc(F)cc2)N1C. The molecule has 0 saturated heterocycles. The third-order valence-corrected chi connectivity index (χ3v) is 7.09. The van der Waals surface area contributed by atoms with E-state index in [2.05, 4.69) is 65.0 Å². The van der Waals surface area contributed by atoms with Crippen LogP contribution in [0.15, 0.2) is 47.6 Å². The molecule has 2 aromatic rings. The Labute approximate surface area is 185 Å². The third-order valence-electron chi connectivity index (χ3n) is 7.09. The first-order valence-electron chi connectivity index (χ1n) is 11.2. The first kappa shape index (κ1) is 21.6. The number of likely N-dealkylation sites (N-methyl/N-ethyl adjacent to an activating group) is 2. The lowest BCUT2D eigenvalue weighted by molar-refractivity contribution is 0.340. The highest BCUT2D eigenvalue weighted by atomic mass is 19.1. The van der Waals surface area contributed by atoms with Crippen LogP contribution in [0.5, 0.6) is 0 Å². The number of benzene rings is 2. The van der Waals surface area contributed by atoms with Gasteiger partial charge in [-0.05, 0) is 60.7 Å². The van der Waals surface area contributed by atoms with Gasteiger partial charge in [-0.3, -0.25) is 5.43 Å². The molecule has 4 atom stereocenters. The molecule has 2 heterocycles. The van der Waals surface area contributed by atoms with Crippen LogP contribution in [0.4, 0.5) is 10.1 Å². The number of hydrogen-bond donors (Lipinski definition) is 3. The van der Waals surface area contributed by atoms with Crippen LogP contribution in [0.3, 0.4) is 0 Å². The lowest BCUT2D eigenvalue weighted by Gasteiger charge is -2.32. The van der Waals surface area contributed by atoms with Crippen molar-refractivity contribution in [3.8, 4) is 0 Å². The molecule has 0 aromatic heterocycles. The summed E-state index contributed by atoms with van der Waals surface area (Å²) in [5.41, 5.74) is 8.27. The first-order chi connectivity index (χ1) is 14.9. The highest BCUT2D eigenvalue weighted by Gasteiger charge is 2.40. The van der Waals surface area contributed by atoms with Crippen molar-refractivity contribution in [2.75, 3.05) is 26.0 Å². The van der Waals surface area contributed by atoms with Crippen molar-refractivity contribution in [3.63, 3.8) is 0 Å². The van der Waals surface area contributed by atoms with Crippen LogP contribution < -0.4 is 16.1 Å². The number of hydrogen-bond acceptors (Lipinski definition) is 5. The van der Waals surface area contributed by atoms with Crippen molar-refractivity contribution >= 4 is 11.5 Å². The minimum absolute atomic E-state index is 0.00825. The van der Waals surface area contributed by atoms with Gasteiger partial charge in [-0.15, -0.1) is 0 Å². The fourth-order valence-corrected chi connectivity index (χ4v) is 4.81. The first-order valence-corrected chi connectivity index (χ1v) is 11.2. The molecule has 2 aromatic carbocycles. The molecule has 4 rings (SSSR count). The van der Waals surface area contributed by atoms with Crippen molar-refractivity contribution in [2.45, 2.75) is 57.2 Å². The summed E-state index contributed by atoms with van der Waals surface area (Å²) in [6.07, 6.45) is 1.98. The Kier molecular flexibility index (Phi) is 5.93. The van der Waals surface area contributed by atoms with E-state index >= 15 is 0 Å². The summed E-state index contributed by atoms with van der Waals surface area (Å²) in [5, 5.41) is 11.8. The van der Waals surface area contributed by atoms with Crippen LogP contribution in [0.2, 0.25) is 0 Å². The average Bonchev–Trinajstić information content (AvgIpc) is 3.32. The zero-order valence-electron chi connectivity index (χ0n) is 19.2. The fraction of sp³-hybridized carbons (Fsp3) is 0.480. The second-order valence-corrected chi connectivity index (χ2v) is 9.24. The highest BCUT2D eigenvalue weighted by Crippen LogP contribution is 2.42. The number of hydrazone groups is 1. The lowest BCUT2D eigenvalue weighted by atomic mass is 9.78. The number of fused-ring (bicyclic) bond motifs is 1. The van der Waals surface area contributed by atoms with Crippen LogP contribution in [0.25, 0.3) is 0 Å². The Bertz CT molecular complexity index is 957. The van der Waals surface area contributed by atoms with Crippen molar-refractivity contribution in [1.82, 2.24) is 15.6 Å². The molecule has 0 amide bonds. The predicted molar refractivity (Wildman–Crippen MR) is 126 cm³/mol. The summed E-state index contributed by atoms with van der Waals surface area (Å²) in [4.78, 5) is 2.15. The Morgan fingerprint density at radius 2 is 2.00 bits per heavy atom. The van der Waals surface area contributed by atoms with Gasteiger partial charge < -0.3 is 15.5 Å². The van der Waals surface area contributed by atoms with E-state index in [1.165, 1.54) is 28.9 Å². The number of amidine groups is 1. The van der Waals surface area contributed by atoms with Crippen molar-refractivity contribution in [3.05, 3.63) is 65.0 Å². The van der Waals surface area contributed by atoms with Gasteiger partial charge in [0.15, 0.2) is 0 Å². The smallest absolute Gasteiger partial charge is 0.143 e. The van der Waals surface area contributed by atoms with Gasteiger partial charge >= 0.3 is 0 Å². The van der Waals surface area contributed by atoms with E-state index in [1.807, 2.05) is 26.2 Å². The lowest BCUT2D eigenvalue weighted by Crippen LogP contribution is -2.46. The second-order valence-electron chi connectivity index (χ2n) is 9.24. The summed E-state index contributed by atoms with van der Waals surface area (Å²) >= 11 is 0. The van der Waals surface area contributed by atoms with E-state index in [9.17, 15) is 4.39 Å². The fourth-order valence-electron chi connectivity index (χ4n) is 4.81. The zero-order valence-corrected chi connectivity index (χ0v) is 19.2. The van der Waals surface area contributed by atoms with E-state index in [-0.39, 0.29) is 23.4 Å². The van der Waals surface area contributed by atoms with E-state index < -0.39 is 0 Å². The molecule has 166 valence electrons. The van der Waals surface area contributed by atoms with Gasteiger partial charge in [-0.1, -0.05) is 45.0 Å². The monoisotopic (exact) mass is 423 g/mol. The van der Waals surface area contributed by atoms with Gasteiger partial charge in [0.1, 0.15) is 17.8 Å². The molecule has 0 saturated carbocycles. The maximum absolute atomic E-state index is 13.3. The number of rotatable bonds is 7. The molecule has 2 aliphatic heterocycles. The number of nitrogens with one attached hydrogen (secondary N) is 3. The molecule has 2 aliphatic rings. The van der Waals surface area contributed by atoms with Crippen LogP contribution in [0, 0.1) is 5.82 Å². The van der Waals surface area contributed by atoms with E-state index in [4.69, 9.17) is 0 Å². The minimum Gasteiger partial charge on any atom is -0.384 e. The molecule has 6 heteroatoms. The van der Waals surface area contributed by atoms with Crippen LogP contribution in [-0.2, 0) is 5.41 Å². The summed E-state index contributed by atoms with van der Waals surface area (Å²) in [5.74, 6) is 1.32. The molecule has 3 N–H and O–H groups in total. The molecule has 31 heavy (non-hydrogen) atoms. The maximum atomic E-state index is 13.3. The molecule has 0 aliphatic carbocycles. The van der Waals surface area contributed by atoms with E-state index in [0.29, 0.717) is 5.92 Å². The second kappa shape index (κ2) is 8.50. The Morgan fingerprint density at radius 3 is 2.68 bits per heavy atom. The Balaban J connectivity index is 1.52. The summed E-state index contributed by atoms with van der Waals surface area (Å²) in [6, 6.07) is 13.6. The number of halogens is 1.